The van der Waals surface area contributed by atoms with E-state index in [0.717, 1.165) is 29.7 Å². The van der Waals surface area contributed by atoms with Crippen molar-refractivity contribution in [3.63, 3.8) is 0 Å². The molecule has 1 unspecified atom stereocenters. The smallest absolute Gasteiger partial charge is 0.320 e. The maximum Gasteiger partial charge on any atom is 0.320 e. The predicted molar refractivity (Wildman–Crippen MR) is 96.3 cm³/mol. The molecule has 0 aliphatic rings. The average Bonchev–Trinajstić information content (AvgIpc) is 2.68. The molecule has 0 heterocycles. The van der Waals surface area contributed by atoms with E-state index < -0.39 is 5.41 Å². The Morgan fingerprint density at radius 1 is 1.00 bits per heavy atom. The van der Waals surface area contributed by atoms with Gasteiger partial charge in [-0.05, 0) is 36.1 Å². The molecule has 0 spiro atoms. The van der Waals surface area contributed by atoms with E-state index in [4.69, 9.17) is 14.7 Å². The van der Waals surface area contributed by atoms with Gasteiger partial charge in [-0.2, -0.15) is 5.26 Å². The number of unbranched alkanes of at least 4 members (excludes halogenated alkanes) is 2. The lowest BCUT2D eigenvalue weighted by Gasteiger charge is -2.32. The van der Waals surface area contributed by atoms with Gasteiger partial charge in [-0.3, -0.25) is 4.79 Å². The summed E-state index contributed by atoms with van der Waals surface area (Å²) in [5, 5.41) is 8.79. The molecule has 4 heteroatoms. The third-order valence-corrected chi connectivity index (χ3v) is 4.47. The van der Waals surface area contributed by atoms with Crippen molar-refractivity contribution in [1.29, 1.82) is 5.26 Å². The Morgan fingerprint density at radius 3 is 2.20 bits per heavy atom. The number of carbonyl (C=O) groups excluding carboxylic acids is 1. The SMILES string of the molecule is COC(=O)C(CCCCC#N)(c1ccccc1)c1ccc(OC)cc1. The van der Waals surface area contributed by atoms with Crippen LogP contribution in [0, 0.1) is 11.3 Å². The topological polar surface area (TPSA) is 59.3 Å². The van der Waals surface area contributed by atoms with Crippen molar-refractivity contribution >= 4 is 5.97 Å². The number of nitriles is 1. The monoisotopic (exact) mass is 337 g/mol. The third-order valence-electron chi connectivity index (χ3n) is 4.47. The van der Waals surface area contributed by atoms with Crippen LogP contribution < -0.4 is 4.74 Å². The number of methoxy groups -OCH3 is 2. The lowest BCUT2D eigenvalue weighted by atomic mass is 9.71. The first-order chi connectivity index (χ1) is 12.2. The van der Waals surface area contributed by atoms with Crippen LogP contribution in [0.4, 0.5) is 0 Å². The molecule has 0 aliphatic heterocycles. The molecule has 0 aromatic heterocycles. The van der Waals surface area contributed by atoms with Crippen LogP contribution >= 0.6 is 0 Å². The van der Waals surface area contributed by atoms with Crippen LogP contribution in [0.15, 0.2) is 54.6 Å². The molecule has 0 bridgehead atoms. The van der Waals surface area contributed by atoms with Gasteiger partial charge in [0.25, 0.3) is 0 Å². The van der Waals surface area contributed by atoms with Crippen LogP contribution in [0.5, 0.6) is 5.75 Å². The van der Waals surface area contributed by atoms with Crippen molar-refractivity contribution in [2.75, 3.05) is 14.2 Å². The average molecular weight is 337 g/mol. The van der Waals surface area contributed by atoms with Gasteiger partial charge in [0, 0.05) is 6.42 Å². The number of ether oxygens (including phenoxy) is 2. The molecule has 2 aromatic carbocycles. The van der Waals surface area contributed by atoms with Gasteiger partial charge >= 0.3 is 5.97 Å². The summed E-state index contributed by atoms with van der Waals surface area (Å²) in [6.07, 6.45) is 2.56. The highest BCUT2D eigenvalue weighted by Crippen LogP contribution is 2.39. The van der Waals surface area contributed by atoms with E-state index in [1.54, 1.807) is 7.11 Å². The maximum absolute atomic E-state index is 12.9. The van der Waals surface area contributed by atoms with E-state index in [9.17, 15) is 4.79 Å². The Kier molecular flexibility index (Phi) is 6.59. The van der Waals surface area contributed by atoms with Crippen LogP contribution in [-0.2, 0) is 14.9 Å². The highest BCUT2D eigenvalue weighted by atomic mass is 16.5. The molecule has 0 radical (unpaired) electrons. The second-order valence-electron chi connectivity index (χ2n) is 5.86. The minimum atomic E-state index is -0.891. The minimum Gasteiger partial charge on any atom is -0.497 e. The predicted octanol–water partition coefficient (Wildman–Crippen LogP) is 4.24. The number of benzene rings is 2. The number of hydrogen-bond donors (Lipinski definition) is 0. The lowest BCUT2D eigenvalue weighted by molar-refractivity contribution is -0.146. The highest BCUT2D eigenvalue weighted by molar-refractivity contribution is 5.87. The zero-order chi connectivity index (χ0) is 18.1. The summed E-state index contributed by atoms with van der Waals surface area (Å²) < 4.78 is 10.4. The molecular formula is C21H23NO3. The zero-order valence-corrected chi connectivity index (χ0v) is 14.7. The number of rotatable bonds is 8. The fourth-order valence-corrected chi connectivity index (χ4v) is 3.16. The first-order valence-electron chi connectivity index (χ1n) is 8.34. The molecule has 2 aromatic rings. The van der Waals surface area contributed by atoms with E-state index >= 15 is 0 Å². The Morgan fingerprint density at radius 2 is 1.64 bits per heavy atom. The summed E-state index contributed by atoms with van der Waals surface area (Å²) in [5.74, 6) is 0.445. The van der Waals surface area contributed by atoms with Gasteiger partial charge in [0.15, 0.2) is 0 Å². The summed E-state index contributed by atoms with van der Waals surface area (Å²) in [5.41, 5.74) is 0.866. The third kappa shape index (κ3) is 4.00. The second-order valence-corrected chi connectivity index (χ2v) is 5.86. The normalized spacial score (nSPS) is 12.7. The molecule has 0 amide bonds. The van der Waals surface area contributed by atoms with Crippen LogP contribution in [0.1, 0.15) is 36.8 Å². The Bertz CT molecular complexity index is 719. The highest BCUT2D eigenvalue weighted by Gasteiger charge is 2.42. The number of hydrogen-bond acceptors (Lipinski definition) is 4. The standard InChI is InChI=1S/C21H23NO3/c1-24-19-13-11-18(12-14-19)21(20(23)25-2,15-7-4-8-16-22)17-9-5-3-6-10-17/h3,5-6,9-14H,4,7-8,15H2,1-2H3. The molecular weight excluding hydrogens is 314 g/mol. The Balaban J connectivity index is 2.53. The van der Waals surface area contributed by atoms with Crippen molar-refractivity contribution in [3.05, 3.63) is 65.7 Å². The molecule has 1 atom stereocenters. The largest absolute Gasteiger partial charge is 0.497 e. The van der Waals surface area contributed by atoms with Crippen LogP contribution in [-0.4, -0.2) is 20.2 Å². The van der Waals surface area contributed by atoms with Crippen molar-refractivity contribution < 1.29 is 14.3 Å². The van der Waals surface area contributed by atoms with Gasteiger partial charge in [-0.1, -0.05) is 48.9 Å². The van der Waals surface area contributed by atoms with E-state index in [1.807, 2.05) is 54.6 Å². The number of esters is 1. The van der Waals surface area contributed by atoms with Gasteiger partial charge in [-0.25, -0.2) is 0 Å². The first-order valence-corrected chi connectivity index (χ1v) is 8.34. The molecule has 0 saturated heterocycles. The summed E-state index contributed by atoms with van der Waals surface area (Å²) >= 11 is 0. The summed E-state index contributed by atoms with van der Waals surface area (Å²) in [7, 11) is 3.03. The van der Waals surface area contributed by atoms with Gasteiger partial charge < -0.3 is 9.47 Å². The Labute approximate surface area is 149 Å². The number of carbonyl (C=O) groups is 1. The van der Waals surface area contributed by atoms with Crippen molar-refractivity contribution in [2.45, 2.75) is 31.1 Å². The van der Waals surface area contributed by atoms with Crippen LogP contribution in [0.3, 0.4) is 0 Å². The van der Waals surface area contributed by atoms with E-state index in [1.165, 1.54) is 7.11 Å². The van der Waals surface area contributed by atoms with E-state index in [2.05, 4.69) is 6.07 Å². The fraction of sp³-hybridized carbons (Fsp3) is 0.333. The van der Waals surface area contributed by atoms with Gasteiger partial charge in [-0.15, -0.1) is 0 Å². The van der Waals surface area contributed by atoms with Crippen molar-refractivity contribution in [2.24, 2.45) is 0 Å². The van der Waals surface area contributed by atoms with Crippen molar-refractivity contribution in [1.82, 2.24) is 0 Å². The molecule has 0 aliphatic carbocycles. The summed E-state index contributed by atoms with van der Waals surface area (Å²) in [4.78, 5) is 12.9. The number of nitrogens with zero attached hydrogens (tertiary/aromatic N) is 1. The molecule has 0 saturated carbocycles. The van der Waals surface area contributed by atoms with E-state index in [-0.39, 0.29) is 5.97 Å². The Hall–Kier alpha value is -2.80. The molecule has 4 nitrogen and oxygen atoms in total. The quantitative estimate of drug-likeness (QED) is 0.534. The molecule has 130 valence electrons. The molecule has 0 N–H and O–H groups in total. The van der Waals surface area contributed by atoms with Crippen LogP contribution in [0.2, 0.25) is 0 Å². The van der Waals surface area contributed by atoms with Crippen molar-refractivity contribution in [3.8, 4) is 11.8 Å². The first kappa shape index (κ1) is 18.5. The van der Waals surface area contributed by atoms with E-state index in [0.29, 0.717) is 12.8 Å². The molecule has 2 rings (SSSR count). The zero-order valence-electron chi connectivity index (χ0n) is 14.7. The second kappa shape index (κ2) is 8.89. The maximum atomic E-state index is 12.9. The minimum absolute atomic E-state index is 0.291. The summed E-state index contributed by atoms with van der Waals surface area (Å²) in [6.45, 7) is 0. The van der Waals surface area contributed by atoms with Gasteiger partial charge in [0.1, 0.15) is 11.2 Å². The lowest BCUT2D eigenvalue weighted by Crippen LogP contribution is -2.38. The van der Waals surface area contributed by atoms with Crippen LogP contribution in [0.25, 0.3) is 0 Å². The molecule has 25 heavy (non-hydrogen) atoms. The summed E-state index contributed by atoms with van der Waals surface area (Å²) in [6, 6.07) is 19.4. The molecule has 0 fully saturated rings. The fourth-order valence-electron chi connectivity index (χ4n) is 3.16. The van der Waals surface area contributed by atoms with Gasteiger partial charge in [0.2, 0.25) is 0 Å². The van der Waals surface area contributed by atoms with Gasteiger partial charge in [0.05, 0.1) is 20.3 Å².